The van der Waals surface area contributed by atoms with E-state index in [-0.39, 0.29) is 11.4 Å². The first-order chi connectivity index (χ1) is 14.1. The molecular weight excluding hydrogens is 424 g/mol. The minimum Gasteiger partial charge on any atom is -0.384 e. The lowest BCUT2D eigenvalue weighted by molar-refractivity contribution is 0.0992. The van der Waals surface area contributed by atoms with Crippen LogP contribution in [0.25, 0.3) is 0 Å². The van der Waals surface area contributed by atoms with Crippen molar-refractivity contribution in [1.82, 2.24) is 19.3 Å². The fourth-order valence-corrected chi connectivity index (χ4v) is 4.78. The van der Waals surface area contributed by atoms with Gasteiger partial charge < -0.3 is 11.1 Å². The predicted molar refractivity (Wildman–Crippen MR) is 120 cm³/mol. The first-order valence-electron chi connectivity index (χ1n) is 9.05. The highest BCUT2D eigenvalue weighted by Crippen LogP contribution is 2.32. The summed E-state index contributed by atoms with van der Waals surface area (Å²) in [5.41, 5.74) is 7.62. The first-order valence-corrected chi connectivity index (χ1v) is 10.7. The van der Waals surface area contributed by atoms with Gasteiger partial charge in [0.1, 0.15) is 11.4 Å². The largest absolute Gasteiger partial charge is 0.384 e. The van der Waals surface area contributed by atoms with Crippen LogP contribution >= 0.6 is 23.1 Å². The molecule has 0 saturated heterocycles. The Morgan fingerprint density at radius 1 is 1.20 bits per heavy atom. The second-order valence-electron chi connectivity index (χ2n) is 6.84. The van der Waals surface area contributed by atoms with Gasteiger partial charge in [0.05, 0.1) is 5.25 Å². The number of aromatic nitrogens is 4. The summed E-state index contributed by atoms with van der Waals surface area (Å²) in [6, 6.07) is 5.95. The topological polar surface area (TPSA) is 125 Å². The number of ketones is 1. The van der Waals surface area contributed by atoms with E-state index in [2.05, 4.69) is 15.5 Å². The lowest BCUT2D eigenvalue weighted by atomic mass is 10.1. The van der Waals surface area contributed by atoms with E-state index in [1.54, 1.807) is 6.92 Å². The molecule has 3 N–H and O–H groups in total. The van der Waals surface area contributed by atoms with Crippen LogP contribution in [0.5, 0.6) is 0 Å². The number of hydrogen-bond acceptors (Lipinski definition) is 9. The third-order valence-electron chi connectivity index (χ3n) is 4.86. The van der Waals surface area contributed by atoms with Crippen molar-refractivity contribution in [3.05, 3.63) is 55.7 Å². The lowest BCUT2D eigenvalue weighted by Crippen LogP contribution is -2.42. The molecule has 158 valence electrons. The number of nitrogens with one attached hydrogen (secondary N) is 1. The lowest BCUT2D eigenvalue weighted by Gasteiger charge is -2.13. The number of carbonyl (C=O) groups is 1. The average molecular weight is 447 g/mol. The van der Waals surface area contributed by atoms with Crippen LogP contribution in [-0.2, 0) is 14.1 Å². The zero-order valence-corrected chi connectivity index (χ0v) is 18.8. The number of anilines is 3. The summed E-state index contributed by atoms with van der Waals surface area (Å²) < 4.78 is 2.53. The summed E-state index contributed by atoms with van der Waals surface area (Å²) in [5.74, 6) is -0.608. The molecule has 0 spiro atoms. The number of Topliss-reactive ketones (excluding diaryl/α,β-unsaturated/α-hetero) is 1. The molecule has 0 aliphatic heterocycles. The zero-order chi connectivity index (χ0) is 22.2. The Balaban J connectivity index is 1.80. The molecule has 2 heterocycles. The fraction of sp³-hybridized carbons (Fsp3) is 0.316. The molecule has 0 saturated carbocycles. The molecule has 0 fully saturated rings. The first kappa shape index (κ1) is 21.8. The average Bonchev–Trinajstić information content (AvgIpc) is 3.15. The molecule has 30 heavy (non-hydrogen) atoms. The monoisotopic (exact) mass is 446 g/mol. The molecular formula is C19H22N6O3S2. The van der Waals surface area contributed by atoms with Crippen molar-refractivity contribution in [3.8, 4) is 0 Å². The van der Waals surface area contributed by atoms with Crippen molar-refractivity contribution in [2.24, 2.45) is 14.1 Å². The molecule has 3 rings (SSSR count). The van der Waals surface area contributed by atoms with Gasteiger partial charge in [-0.15, -0.1) is 10.2 Å². The number of nitrogens with zero attached hydrogens (tertiary/aromatic N) is 4. The molecule has 0 aliphatic carbocycles. The van der Waals surface area contributed by atoms with Crippen LogP contribution in [0.2, 0.25) is 0 Å². The minimum atomic E-state index is -0.706. The number of rotatable bonds is 6. The van der Waals surface area contributed by atoms with Crippen LogP contribution < -0.4 is 22.3 Å². The molecule has 0 amide bonds. The van der Waals surface area contributed by atoms with Crippen molar-refractivity contribution in [1.29, 1.82) is 0 Å². The van der Waals surface area contributed by atoms with Crippen LogP contribution in [0, 0.1) is 13.8 Å². The highest BCUT2D eigenvalue weighted by atomic mass is 32.2. The van der Waals surface area contributed by atoms with E-state index >= 15 is 0 Å². The SMILES string of the molecule is Cc1cccc(Nc2nnc(SC(C)C(=O)c3c(N)n(C)c(=O)n(C)c3=O)s2)c1C. The van der Waals surface area contributed by atoms with Gasteiger partial charge in [0.15, 0.2) is 10.1 Å². The summed E-state index contributed by atoms with van der Waals surface area (Å²) in [4.78, 5) is 37.3. The Morgan fingerprint density at radius 2 is 1.90 bits per heavy atom. The zero-order valence-electron chi connectivity index (χ0n) is 17.2. The molecule has 0 bridgehead atoms. The van der Waals surface area contributed by atoms with Gasteiger partial charge in [0.25, 0.3) is 5.56 Å². The van der Waals surface area contributed by atoms with Crippen LogP contribution in [0.1, 0.15) is 28.4 Å². The molecule has 1 unspecified atom stereocenters. The Labute approximate surface area is 181 Å². The maximum atomic E-state index is 12.9. The smallest absolute Gasteiger partial charge is 0.332 e. The third kappa shape index (κ3) is 4.03. The van der Waals surface area contributed by atoms with Crippen molar-refractivity contribution in [2.75, 3.05) is 11.1 Å². The molecule has 9 nitrogen and oxygen atoms in total. The van der Waals surface area contributed by atoms with Gasteiger partial charge in [-0.3, -0.25) is 18.7 Å². The number of thioether (sulfide) groups is 1. The van der Waals surface area contributed by atoms with E-state index in [0.29, 0.717) is 9.47 Å². The molecule has 2 aromatic heterocycles. The Kier molecular flexibility index (Phi) is 6.13. The summed E-state index contributed by atoms with van der Waals surface area (Å²) in [6.45, 7) is 5.72. The number of benzene rings is 1. The van der Waals surface area contributed by atoms with Crippen molar-refractivity contribution >= 4 is 45.5 Å². The van der Waals surface area contributed by atoms with Crippen LogP contribution in [0.3, 0.4) is 0 Å². The van der Waals surface area contributed by atoms with Gasteiger partial charge in [0.2, 0.25) is 5.13 Å². The van der Waals surface area contributed by atoms with E-state index in [1.807, 2.05) is 32.0 Å². The van der Waals surface area contributed by atoms with E-state index in [9.17, 15) is 14.4 Å². The Hall–Kier alpha value is -2.92. The van der Waals surface area contributed by atoms with Gasteiger partial charge in [0, 0.05) is 19.8 Å². The van der Waals surface area contributed by atoms with Crippen LogP contribution in [0.15, 0.2) is 32.1 Å². The predicted octanol–water partition coefficient (Wildman–Crippen LogP) is 2.24. The molecule has 0 radical (unpaired) electrons. The van der Waals surface area contributed by atoms with E-state index < -0.39 is 22.3 Å². The van der Waals surface area contributed by atoms with Crippen molar-refractivity contribution in [2.45, 2.75) is 30.4 Å². The van der Waals surface area contributed by atoms with Crippen LogP contribution in [-0.4, -0.2) is 30.4 Å². The minimum absolute atomic E-state index is 0.143. The third-order valence-corrected chi connectivity index (χ3v) is 6.88. The van der Waals surface area contributed by atoms with Gasteiger partial charge in [-0.05, 0) is 38.0 Å². The van der Waals surface area contributed by atoms with Gasteiger partial charge in [-0.1, -0.05) is 35.2 Å². The van der Waals surface area contributed by atoms with Crippen LogP contribution in [0.4, 0.5) is 16.6 Å². The molecule has 1 aromatic carbocycles. The summed E-state index contributed by atoms with van der Waals surface area (Å²) in [5, 5.41) is 11.5. The van der Waals surface area contributed by atoms with E-state index in [1.165, 1.54) is 37.2 Å². The highest BCUT2D eigenvalue weighted by molar-refractivity contribution is 8.02. The summed E-state index contributed by atoms with van der Waals surface area (Å²) in [7, 11) is 2.73. The number of aryl methyl sites for hydroxylation is 1. The van der Waals surface area contributed by atoms with Gasteiger partial charge >= 0.3 is 5.69 Å². The standard InChI is InChI=1S/C19H22N6O3S2/c1-9-7-6-8-12(10(9)2)21-17-22-23-18(30-17)29-11(3)14(26)13-15(20)24(4)19(28)25(5)16(13)27/h6-8,11H,20H2,1-5H3,(H,21,22). The highest BCUT2D eigenvalue weighted by Gasteiger charge is 2.26. The number of carbonyl (C=O) groups excluding carboxylic acids is 1. The molecule has 3 aromatic rings. The number of hydrogen-bond donors (Lipinski definition) is 2. The second-order valence-corrected chi connectivity index (χ2v) is 9.40. The number of nitrogens with two attached hydrogens (primary N) is 1. The Morgan fingerprint density at radius 3 is 2.60 bits per heavy atom. The maximum absolute atomic E-state index is 12.9. The molecule has 0 aliphatic rings. The van der Waals surface area contributed by atoms with E-state index in [0.717, 1.165) is 25.9 Å². The van der Waals surface area contributed by atoms with Crippen molar-refractivity contribution < 1.29 is 4.79 Å². The summed E-state index contributed by atoms with van der Waals surface area (Å²) >= 11 is 2.49. The quantitative estimate of drug-likeness (QED) is 0.436. The van der Waals surface area contributed by atoms with Gasteiger partial charge in [-0.2, -0.15) is 0 Å². The Bertz CT molecular complexity index is 1240. The molecule has 1 atom stereocenters. The number of nitrogen functional groups attached to an aromatic ring is 1. The summed E-state index contributed by atoms with van der Waals surface area (Å²) in [6.07, 6.45) is 0. The van der Waals surface area contributed by atoms with E-state index in [4.69, 9.17) is 5.73 Å². The maximum Gasteiger partial charge on any atom is 0.332 e. The fourth-order valence-electron chi connectivity index (χ4n) is 2.81. The van der Waals surface area contributed by atoms with Crippen molar-refractivity contribution in [3.63, 3.8) is 0 Å². The molecule has 11 heteroatoms. The second kappa shape index (κ2) is 8.44. The van der Waals surface area contributed by atoms with Gasteiger partial charge in [-0.25, -0.2) is 4.79 Å². The normalized spacial score (nSPS) is 12.0.